The number of carbonyl (C=O) groups excluding carboxylic acids is 1. The smallest absolute Gasteiger partial charge is 0.232 e. The van der Waals surface area contributed by atoms with E-state index in [4.69, 9.17) is 5.73 Å². The molecule has 2 fully saturated rings. The minimum absolute atomic E-state index is 0.113. The fourth-order valence-electron chi connectivity index (χ4n) is 2.90. The summed E-state index contributed by atoms with van der Waals surface area (Å²) in [7, 11) is 0. The minimum atomic E-state index is -0.274. The summed E-state index contributed by atoms with van der Waals surface area (Å²) in [5, 5.41) is 2.89. The zero-order valence-corrected chi connectivity index (χ0v) is 10.9. The molecule has 1 amide bonds. The second kappa shape index (κ2) is 4.26. The molecular formula is C14H18N4O. The predicted molar refractivity (Wildman–Crippen MR) is 74.4 cm³/mol. The highest BCUT2D eigenvalue weighted by Crippen LogP contribution is 2.40. The molecule has 0 aliphatic carbocycles. The lowest BCUT2D eigenvalue weighted by atomic mass is 9.78. The SMILES string of the molecule is C=C1CCC2(CCN(c3ccc(N)cn3)C2)C(=O)N1. The van der Waals surface area contributed by atoms with Crippen LogP contribution in [-0.4, -0.2) is 24.0 Å². The average molecular weight is 258 g/mol. The third-order valence-corrected chi connectivity index (χ3v) is 4.13. The number of anilines is 2. The fraction of sp³-hybridized carbons (Fsp3) is 0.429. The van der Waals surface area contributed by atoms with Crippen LogP contribution in [0.15, 0.2) is 30.6 Å². The average Bonchev–Trinajstić information content (AvgIpc) is 2.81. The Morgan fingerprint density at radius 2 is 2.26 bits per heavy atom. The van der Waals surface area contributed by atoms with Gasteiger partial charge in [0.1, 0.15) is 5.82 Å². The summed E-state index contributed by atoms with van der Waals surface area (Å²) < 4.78 is 0. The molecule has 1 atom stereocenters. The van der Waals surface area contributed by atoms with Gasteiger partial charge in [0.15, 0.2) is 0 Å². The summed E-state index contributed by atoms with van der Waals surface area (Å²) in [5.74, 6) is 1.00. The number of nitrogen functional groups attached to an aromatic ring is 1. The molecule has 2 aliphatic heterocycles. The van der Waals surface area contributed by atoms with E-state index in [1.807, 2.05) is 12.1 Å². The molecule has 5 heteroatoms. The second-order valence-electron chi connectivity index (χ2n) is 5.46. The van der Waals surface area contributed by atoms with Crippen molar-refractivity contribution in [2.45, 2.75) is 19.3 Å². The van der Waals surface area contributed by atoms with Gasteiger partial charge in [-0.15, -0.1) is 0 Å². The molecule has 5 nitrogen and oxygen atoms in total. The van der Waals surface area contributed by atoms with Crippen molar-refractivity contribution in [2.24, 2.45) is 5.41 Å². The van der Waals surface area contributed by atoms with Gasteiger partial charge in [-0.1, -0.05) is 6.58 Å². The summed E-state index contributed by atoms with van der Waals surface area (Å²) >= 11 is 0. The minimum Gasteiger partial charge on any atom is -0.397 e. The Bertz CT molecular complexity index is 525. The van der Waals surface area contributed by atoms with Crippen molar-refractivity contribution < 1.29 is 4.79 Å². The van der Waals surface area contributed by atoms with Gasteiger partial charge in [0, 0.05) is 18.8 Å². The predicted octanol–water partition coefficient (Wildman–Crippen LogP) is 1.28. The van der Waals surface area contributed by atoms with E-state index in [1.165, 1.54) is 0 Å². The lowest BCUT2D eigenvalue weighted by Gasteiger charge is -2.33. The van der Waals surface area contributed by atoms with E-state index in [-0.39, 0.29) is 11.3 Å². The second-order valence-corrected chi connectivity index (χ2v) is 5.46. The molecule has 0 radical (unpaired) electrons. The van der Waals surface area contributed by atoms with Gasteiger partial charge in [0.2, 0.25) is 5.91 Å². The maximum absolute atomic E-state index is 12.2. The van der Waals surface area contributed by atoms with Gasteiger partial charge >= 0.3 is 0 Å². The molecule has 1 spiro atoms. The number of hydrogen-bond acceptors (Lipinski definition) is 4. The van der Waals surface area contributed by atoms with Crippen molar-refractivity contribution in [3.05, 3.63) is 30.6 Å². The van der Waals surface area contributed by atoms with Gasteiger partial charge in [-0.25, -0.2) is 4.98 Å². The summed E-state index contributed by atoms with van der Waals surface area (Å²) in [6.07, 6.45) is 4.28. The molecule has 0 aromatic carbocycles. The van der Waals surface area contributed by atoms with E-state index in [0.717, 1.165) is 43.9 Å². The van der Waals surface area contributed by atoms with E-state index in [9.17, 15) is 4.79 Å². The highest BCUT2D eigenvalue weighted by Gasteiger charge is 2.46. The van der Waals surface area contributed by atoms with Gasteiger partial charge in [-0.2, -0.15) is 0 Å². The molecule has 3 heterocycles. The van der Waals surface area contributed by atoms with Crippen molar-refractivity contribution in [2.75, 3.05) is 23.7 Å². The topological polar surface area (TPSA) is 71.2 Å². The largest absolute Gasteiger partial charge is 0.397 e. The maximum atomic E-state index is 12.2. The molecule has 1 unspecified atom stereocenters. The summed E-state index contributed by atoms with van der Waals surface area (Å²) in [6.45, 7) is 5.42. The molecule has 0 bridgehead atoms. The molecule has 3 rings (SSSR count). The maximum Gasteiger partial charge on any atom is 0.232 e. The first-order valence-corrected chi connectivity index (χ1v) is 6.55. The monoisotopic (exact) mass is 258 g/mol. The first kappa shape index (κ1) is 12.0. The zero-order chi connectivity index (χ0) is 13.5. The number of allylic oxidation sites excluding steroid dienone is 1. The molecule has 2 aliphatic rings. The molecule has 1 aromatic rings. The lowest BCUT2D eigenvalue weighted by Crippen LogP contribution is -2.46. The summed E-state index contributed by atoms with van der Waals surface area (Å²) in [6, 6.07) is 3.75. The van der Waals surface area contributed by atoms with Gasteiger partial charge < -0.3 is 16.0 Å². The van der Waals surface area contributed by atoms with E-state index in [1.54, 1.807) is 6.20 Å². The third-order valence-electron chi connectivity index (χ3n) is 4.13. The van der Waals surface area contributed by atoms with Gasteiger partial charge in [-0.05, 0) is 31.4 Å². The number of piperidine rings is 1. The quantitative estimate of drug-likeness (QED) is 0.796. The number of rotatable bonds is 1. The van der Waals surface area contributed by atoms with E-state index in [2.05, 4.69) is 21.8 Å². The van der Waals surface area contributed by atoms with Gasteiger partial charge in [0.05, 0.1) is 17.3 Å². The number of aromatic nitrogens is 1. The van der Waals surface area contributed by atoms with Gasteiger partial charge in [-0.3, -0.25) is 4.79 Å². The number of hydrogen-bond donors (Lipinski definition) is 2. The van der Waals surface area contributed by atoms with Crippen LogP contribution in [0.1, 0.15) is 19.3 Å². The molecule has 0 saturated carbocycles. The van der Waals surface area contributed by atoms with Crippen molar-refractivity contribution in [3.8, 4) is 0 Å². The Morgan fingerprint density at radius 1 is 1.42 bits per heavy atom. The van der Waals surface area contributed by atoms with E-state index in [0.29, 0.717) is 5.69 Å². The van der Waals surface area contributed by atoms with Crippen LogP contribution in [-0.2, 0) is 4.79 Å². The highest BCUT2D eigenvalue weighted by atomic mass is 16.2. The Hall–Kier alpha value is -2.04. The Labute approximate surface area is 112 Å². The number of nitrogens with two attached hydrogens (primary N) is 1. The van der Waals surface area contributed by atoms with Crippen LogP contribution >= 0.6 is 0 Å². The fourth-order valence-corrected chi connectivity index (χ4v) is 2.90. The van der Waals surface area contributed by atoms with Crippen LogP contribution < -0.4 is 16.0 Å². The third kappa shape index (κ3) is 2.05. The molecule has 100 valence electrons. The van der Waals surface area contributed by atoms with Crippen LogP contribution in [0, 0.1) is 5.41 Å². The van der Waals surface area contributed by atoms with Crippen LogP contribution in [0.2, 0.25) is 0 Å². The van der Waals surface area contributed by atoms with Crippen molar-refractivity contribution in [1.82, 2.24) is 10.3 Å². The normalized spacial score (nSPS) is 26.8. The Morgan fingerprint density at radius 3 is 2.95 bits per heavy atom. The first-order valence-electron chi connectivity index (χ1n) is 6.55. The Balaban J connectivity index is 1.78. The molecule has 3 N–H and O–H groups in total. The zero-order valence-electron chi connectivity index (χ0n) is 10.9. The van der Waals surface area contributed by atoms with Crippen LogP contribution in [0.5, 0.6) is 0 Å². The van der Waals surface area contributed by atoms with Crippen molar-refractivity contribution in [3.63, 3.8) is 0 Å². The van der Waals surface area contributed by atoms with E-state index >= 15 is 0 Å². The van der Waals surface area contributed by atoms with Crippen LogP contribution in [0.3, 0.4) is 0 Å². The summed E-state index contributed by atoms with van der Waals surface area (Å²) in [5.41, 5.74) is 6.86. The van der Waals surface area contributed by atoms with Crippen molar-refractivity contribution in [1.29, 1.82) is 0 Å². The first-order chi connectivity index (χ1) is 9.09. The number of nitrogens with zero attached hydrogens (tertiary/aromatic N) is 2. The lowest BCUT2D eigenvalue weighted by molar-refractivity contribution is -0.131. The number of pyridine rings is 1. The summed E-state index contributed by atoms with van der Waals surface area (Å²) in [4.78, 5) is 18.7. The standard InChI is InChI=1S/C14H18N4O/c1-10-4-5-14(13(19)17-10)6-7-18(9-14)12-3-2-11(15)8-16-12/h2-3,8H,1,4-7,9,15H2,(H,17,19). The molecule has 2 saturated heterocycles. The molecular weight excluding hydrogens is 240 g/mol. The number of carbonyl (C=O) groups is 1. The van der Waals surface area contributed by atoms with Crippen molar-refractivity contribution >= 4 is 17.4 Å². The van der Waals surface area contributed by atoms with Gasteiger partial charge in [0.25, 0.3) is 0 Å². The van der Waals surface area contributed by atoms with Crippen LogP contribution in [0.4, 0.5) is 11.5 Å². The van der Waals surface area contributed by atoms with E-state index < -0.39 is 0 Å². The molecule has 1 aromatic heterocycles. The highest BCUT2D eigenvalue weighted by molar-refractivity contribution is 5.86. The molecule has 19 heavy (non-hydrogen) atoms. The van der Waals surface area contributed by atoms with Crippen LogP contribution in [0.25, 0.3) is 0 Å². The number of nitrogens with one attached hydrogen (secondary N) is 1. The Kier molecular flexibility index (Phi) is 2.69. The number of amides is 1.